The monoisotopic (exact) mass is 312 g/mol. The molecule has 1 aromatic heterocycles. The lowest BCUT2D eigenvalue weighted by molar-refractivity contribution is -0.125. The Balaban J connectivity index is 2.02. The first-order chi connectivity index (χ1) is 10.1. The topological polar surface area (TPSA) is 126 Å². The summed E-state index contributed by atoms with van der Waals surface area (Å²) in [4.78, 5) is 30.1. The zero-order valence-electron chi connectivity index (χ0n) is 11.9. The fourth-order valence-electron chi connectivity index (χ4n) is 2.31. The number of piperidine rings is 1. The van der Waals surface area contributed by atoms with Crippen molar-refractivity contribution in [3.05, 3.63) is 4.88 Å². The van der Waals surface area contributed by atoms with Gasteiger partial charge in [0.25, 0.3) is 5.91 Å². The number of hydrazine groups is 1. The van der Waals surface area contributed by atoms with Crippen LogP contribution < -0.4 is 27.2 Å². The van der Waals surface area contributed by atoms with E-state index in [1.165, 1.54) is 11.3 Å². The van der Waals surface area contributed by atoms with E-state index in [1.807, 2.05) is 11.8 Å². The van der Waals surface area contributed by atoms with Crippen LogP contribution in [0.25, 0.3) is 0 Å². The van der Waals surface area contributed by atoms with Crippen molar-refractivity contribution in [2.45, 2.75) is 19.8 Å². The van der Waals surface area contributed by atoms with E-state index in [9.17, 15) is 9.59 Å². The molecule has 0 unspecified atom stereocenters. The molecule has 6 N–H and O–H groups in total. The van der Waals surface area contributed by atoms with Crippen molar-refractivity contribution in [3.63, 3.8) is 0 Å². The summed E-state index contributed by atoms with van der Waals surface area (Å²) in [6, 6.07) is 0. The summed E-state index contributed by atoms with van der Waals surface area (Å²) in [5, 5.41) is 3.44. The summed E-state index contributed by atoms with van der Waals surface area (Å²) in [5.41, 5.74) is 8.00. The van der Waals surface area contributed by atoms with Gasteiger partial charge in [-0.2, -0.15) is 0 Å². The maximum Gasteiger partial charge on any atom is 0.265 e. The molecule has 0 aliphatic carbocycles. The zero-order valence-corrected chi connectivity index (χ0v) is 12.7. The zero-order chi connectivity index (χ0) is 15.4. The van der Waals surface area contributed by atoms with Crippen molar-refractivity contribution in [1.82, 2.24) is 15.7 Å². The molecule has 0 spiro atoms. The smallest absolute Gasteiger partial charge is 0.265 e. The number of hydrogen-bond acceptors (Lipinski definition) is 7. The molecule has 8 nitrogen and oxygen atoms in total. The van der Waals surface area contributed by atoms with Crippen LogP contribution in [0.4, 0.5) is 10.9 Å². The molecule has 9 heteroatoms. The molecule has 1 aromatic rings. The van der Waals surface area contributed by atoms with E-state index < -0.39 is 0 Å². The van der Waals surface area contributed by atoms with Crippen molar-refractivity contribution in [3.8, 4) is 0 Å². The number of nitrogens with zero attached hydrogens (tertiary/aromatic N) is 2. The molecule has 116 valence electrons. The Morgan fingerprint density at radius 3 is 2.67 bits per heavy atom. The van der Waals surface area contributed by atoms with Crippen LogP contribution >= 0.6 is 11.3 Å². The number of amides is 2. The fourth-order valence-corrected chi connectivity index (χ4v) is 3.26. The lowest BCUT2D eigenvalue weighted by Crippen LogP contribution is -2.42. The molecule has 1 aliphatic rings. The standard InChI is InChI=1S/C12H20N6O2S/c1-2-15-11(20)8-9(13)16-12(21-8)18-5-3-7(4-6-18)10(19)17-14/h7H,2-6,13-14H2,1H3,(H,15,20)(H,17,19). The summed E-state index contributed by atoms with van der Waals surface area (Å²) in [6.45, 7) is 3.79. The third kappa shape index (κ3) is 3.42. The second kappa shape index (κ2) is 6.72. The van der Waals surface area contributed by atoms with Gasteiger partial charge in [0.1, 0.15) is 10.7 Å². The van der Waals surface area contributed by atoms with Crippen LogP contribution in [-0.4, -0.2) is 36.4 Å². The Kier molecular flexibility index (Phi) is 4.97. The van der Waals surface area contributed by atoms with Gasteiger partial charge in [-0.15, -0.1) is 0 Å². The molecule has 0 bridgehead atoms. The molecule has 1 saturated heterocycles. The van der Waals surface area contributed by atoms with E-state index in [4.69, 9.17) is 11.6 Å². The van der Waals surface area contributed by atoms with Crippen molar-refractivity contribution >= 4 is 34.1 Å². The van der Waals surface area contributed by atoms with Crippen molar-refractivity contribution in [1.29, 1.82) is 0 Å². The Morgan fingerprint density at radius 2 is 2.10 bits per heavy atom. The minimum absolute atomic E-state index is 0.0635. The normalized spacial score (nSPS) is 15.8. The maximum absolute atomic E-state index is 11.8. The van der Waals surface area contributed by atoms with Crippen LogP contribution in [0.5, 0.6) is 0 Å². The van der Waals surface area contributed by atoms with Gasteiger partial charge in [0.05, 0.1) is 0 Å². The van der Waals surface area contributed by atoms with Crippen LogP contribution in [0.15, 0.2) is 0 Å². The Labute approximate surface area is 126 Å². The van der Waals surface area contributed by atoms with Crippen LogP contribution in [0, 0.1) is 5.92 Å². The summed E-state index contributed by atoms with van der Waals surface area (Å²) < 4.78 is 0. The number of thiazole rings is 1. The summed E-state index contributed by atoms with van der Waals surface area (Å²) >= 11 is 1.28. The second-order valence-electron chi connectivity index (χ2n) is 4.84. The first-order valence-corrected chi connectivity index (χ1v) is 7.68. The predicted octanol–water partition coefficient (Wildman–Crippen LogP) is -0.319. The molecule has 0 saturated carbocycles. The number of anilines is 2. The van der Waals surface area contributed by atoms with E-state index in [-0.39, 0.29) is 23.6 Å². The highest BCUT2D eigenvalue weighted by Gasteiger charge is 2.27. The number of hydrogen-bond donors (Lipinski definition) is 4. The van der Waals surface area contributed by atoms with Crippen molar-refractivity contribution in [2.24, 2.45) is 11.8 Å². The largest absolute Gasteiger partial charge is 0.382 e. The molecule has 1 fully saturated rings. The molecular formula is C12H20N6O2S. The second-order valence-corrected chi connectivity index (χ2v) is 5.82. The number of carbonyl (C=O) groups is 2. The number of aromatic nitrogens is 1. The van der Waals surface area contributed by atoms with E-state index in [1.54, 1.807) is 0 Å². The van der Waals surface area contributed by atoms with Gasteiger partial charge >= 0.3 is 0 Å². The molecule has 1 aliphatic heterocycles. The average Bonchev–Trinajstić information content (AvgIpc) is 2.89. The molecule has 21 heavy (non-hydrogen) atoms. The van der Waals surface area contributed by atoms with Crippen LogP contribution in [0.1, 0.15) is 29.4 Å². The number of nitrogens with one attached hydrogen (secondary N) is 2. The molecule has 2 heterocycles. The highest BCUT2D eigenvalue weighted by atomic mass is 32.1. The lowest BCUT2D eigenvalue weighted by Gasteiger charge is -2.30. The van der Waals surface area contributed by atoms with E-state index in [0.29, 0.717) is 37.4 Å². The summed E-state index contributed by atoms with van der Waals surface area (Å²) in [5.74, 6) is 5.01. The quantitative estimate of drug-likeness (QED) is 0.343. The van der Waals surface area contributed by atoms with Gasteiger partial charge in [0, 0.05) is 25.6 Å². The third-order valence-electron chi connectivity index (χ3n) is 3.46. The maximum atomic E-state index is 11.8. The molecule has 2 amide bonds. The van der Waals surface area contributed by atoms with Gasteiger partial charge in [-0.1, -0.05) is 11.3 Å². The number of nitrogens with two attached hydrogens (primary N) is 2. The predicted molar refractivity (Wildman–Crippen MR) is 81.8 cm³/mol. The minimum Gasteiger partial charge on any atom is -0.382 e. The molecule has 2 rings (SSSR count). The molecular weight excluding hydrogens is 292 g/mol. The Hall–Kier alpha value is -1.87. The molecule has 0 atom stereocenters. The number of rotatable bonds is 4. The van der Waals surface area contributed by atoms with Gasteiger partial charge in [-0.3, -0.25) is 15.0 Å². The summed E-state index contributed by atoms with van der Waals surface area (Å²) in [7, 11) is 0. The van der Waals surface area contributed by atoms with E-state index in [2.05, 4.69) is 15.7 Å². The average molecular weight is 312 g/mol. The first kappa shape index (κ1) is 15.5. The lowest BCUT2D eigenvalue weighted by atomic mass is 9.96. The first-order valence-electron chi connectivity index (χ1n) is 6.86. The highest BCUT2D eigenvalue weighted by Crippen LogP contribution is 2.31. The SMILES string of the molecule is CCNC(=O)c1sc(N2CCC(C(=O)NN)CC2)nc1N. The third-order valence-corrected chi connectivity index (χ3v) is 4.59. The highest BCUT2D eigenvalue weighted by molar-refractivity contribution is 7.18. The van der Waals surface area contributed by atoms with Crippen molar-refractivity contribution < 1.29 is 9.59 Å². The Morgan fingerprint density at radius 1 is 1.43 bits per heavy atom. The van der Waals surface area contributed by atoms with Gasteiger partial charge in [0.2, 0.25) is 5.91 Å². The van der Waals surface area contributed by atoms with Crippen LogP contribution in [0.2, 0.25) is 0 Å². The van der Waals surface area contributed by atoms with E-state index in [0.717, 1.165) is 5.13 Å². The van der Waals surface area contributed by atoms with Gasteiger partial charge in [-0.05, 0) is 19.8 Å². The van der Waals surface area contributed by atoms with Gasteiger partial charge in [0.15, 0.2) is 5.13 Å². The van der Waals surface area contributed by atoms with Crippen LogP contribution in [-0.2, 0) is 4.79 Å². The molecule has 0 radical (unpaired) electrons. The van der Waals surface area contributed by atoms with Crippen LogP contribution in [0.3, 0.4) is 0 Å². The van der Waals surface area contributed by atoms with Gasteiger partial charge in [-0.25, -0.2) is 10.8 Å². The number of nitrogen functional groups attached to an aromatic ring is 1. The fraction of sp³-hybridized carbons (Fsp3) is 0.583. The van der Waals surface area contributed by atoms with Crippen molar-refractivity contribution in [2.75, 3.05) is 30.3 Å². The van der Waals surface area contributed by atoms with Gasteiger partial charge < -0.3 is 16.0 Å². The Bertz CT molecular complexity index is 524. The molecule has 0 aromatic carbocycles. The minimum atomic E-state index is -0.198. The van der Waals surface area contributed by atoms with E-state index >= 15 is 0 Å². The number of carbonyl (C=O) groups excluding carboxylic acids is 2. The summed E-state index contributed by atoms with van der Waals surface area (Å²) in [6.07, 6.45) is 1.41.